The number of para-hydroxylation sites is 2. The van der Waals surface area contributed by atoms with E-state index in [0.29, 0.717) is 10.9 Å². The van der Waals surface area contributed by atoms with Crippen LogP contribution in [0.3, 0.4) is 0 Å². The van der Waals surface area contributed by atoms with E-state index in [1.165, 1.54) is 0 Å². The second-order valence-electron chi connectivity index (χ2n) is 4.77. The van der Waals surface area contributed by atoms with E-state index < -0.39 is 10.2 Å². The molecule has 0 amide bonds. The molecule has 2 N–H and O–H groups in total. The lowest BCUT2D eigenvalue weighted by Gasteiger charge is -2.23. The number of hydrogen-bond acceptors (Lipinski definition) is 3. The highest BCUT2D eigenvalue weighted by Gasteiger charge is 2.54. The number of benzene rings is 1. The molecule has 2 heterocycles. The first kappa shape index (κ1) is 12.8. The maximum Gasteiger partial charge on any atom is 0.218 e. The van der Waals surface area contributed by atoms with Crippen molar-refractivity contribution in [3.63, 3.8) is 0 Å². The van der Waals surface area contributed by atoms with Crippen LogP contribution in [0.1, 0.15) is 0 Å². The van der Waals surface area contributed by atoms with Crippen LogP contribution in [0, 0.1) is 0 Å². The van der Waals surface area contributed by atoms with E-state index in [9.17, 15) is 8.76 Å². The summed E-state index contributed by atoms with van der Waals surface area (Å²) in [7, 11) is -1.14. The summed E-state index contributed by atoms with van der Waals surface area (Å²) in [5.74, 6) is 1.20. The zero-order valence-corrected chi connectivity index (χ0v) is 12.0. The van der Waals surface area contributed by atoms with E-state index in [2.05, 4.69) is 5.32 Å². The first-order valence-electron chi connectivity index (χ1n) is 5.96. The van der Waals surface area contributed by atoms with Crippen molar-refractivity contribution in [2.75, 3.05) is 23.5 Å². The van der Waals surface area contributed by atoms with Gasteiger partial charge in [0.15, 0.2) is 16.6 Å². The third-order valence-corrected chi connectivity index (χ3v) is 5.60. The first-order valence-corrected chi connectivity index (χ1v) is 8.23. The minimum Gasteiger partial charge on any atom is -0.495 e. The molecule has 102 valence electrons. The predicted molar refractivity (Wildman–Crippen MR) is 79.2 cm³/mol. The molecule has 2 saturated heterocycles. The number of nitrogens with zero attached hydrogens (tertiary/aromatic N) is 1. The van der Waals surface area contributed by atoms with Gasteiger partial charge < -0.3 is 15.0 Å². The van der Waals surface area contributed by atoms with Crippen LogP contribution in [0.15, 0.2) is 24.3 Å². The van der Waals surface area contributed by atoms with Crippen molar-refractivity contribution < 1.29 is 13.5 Å². The van der Waals surface area contributed by atoms with Gasteiger partial charge in [-0.1, -0.05) is 16.3 Å². The van der Waals surface area contributed by atoms with Crippen molar-refractivity contribution in [3.05, 3.63) is 24.3 Å². The Labute approximate surface area is 118 Å². The van der Waals surface area contributed by atoms with Crippen LogP contribution in [-0.4, -0.2) is 40.4 Å². The first-order chi connectivity index (χ1) is 9.02. The second kappa shape index (κ2) is 4.43. The van der Waals surface area contributed by atoms with E-state index >= 15 is 0 Å². The Morgan fingerprint density at radius 2 is 2.21 bits per heavy atom. The molecule has 7 heteroatoms. The zero-order valence-electron chi connectivity index (χ0n) is 10.4. The van der Waals surface area contributed by atoms with E-state index in [0.717, 1.165) is 5.69 Å². The third kappa shape index (κ3) is 2.11. The molecule has 3 atom stereocenters. The maximum atomic E-state index is 11.9. The Bertz CT molecular complexity index is 578. The minimum atomic E-state index is -2.74. The number of rotatable bonds is 2. The number of thiocarbonyl (C=S) groups is 1. The Morgan fingerprint density at radius 1 is 1.47 bits per heavy atom. The topological polar surface area (TPSA) is 61.8 Å². The molecule has 0 radical (unpaired) electrons. The van der Waals surface area contributed by atoms with Crippen molar-refractivity contribution in [2.24, 2.45) is 0 Å². The van der Waals surface area contributed by atoms with Crippen molar-refractivity contribution in [1.82, 2.24) is 5.32 Å². The molecule has 2 fully saturated rings. The number of nitrogens with one attached hydrogen (secondary N) is 1. The fourth-order valence-electron chi connectivity index (χ4n) is 2.73. The quantitative estimate of drug-likeness (QED) is 0.630. The predicted octanol–water partition coefficient (Wildman–Crippen LogP) is 1.11. The molecule has 0 aliphatic carbocycles. The van der Waals surface area contributed by atoms with Crippen molar-refractivity contribution in [3.8, 4) is 5.75 Å². The second-order valence-corrected chi connectivity index (χ2v) is 7.37. The molecule has 2 aliphatic rings. The van der Waals surface area contributed by atoms with E-state index in [1.54, 1.807) is 7.11 Å². The highest BCUT2D eigenvalue weighted by Crippen LogP contribution is 2.36. The van der Waals surface area contributed by atoms with Crippen molar-refractivity contribution >= 4 is 33.2 Å². The van der Waals surface area contributed by atoms with Crippen molar-refractivity contribution in [1.29, 1.82) is 0 Å². The van der Waals surface area contributed by atoms with Gasteiger partial charge in [-0.2, -0.15) is 4.55 Å². The standard InChI is InChI=1S/C12H14N2O3S2/c1-17-11-5-3-2-4-9(11)14-10-7-19(15,16)6-8(10)13-12(14)18/h2-5,8,10H,6-7H2,1H3,(H-,13,15,16,18)/p+1/t8-,10+/m1/s1. The third-order valence-electron chi connectivity index (χ3n) is 3.54. The number of hydrogen-bond donors (Lipinski definition) is 2. The highest BCUT2D eigenvalue weighted by atomic mass is 32.3. The largest absolute Gasteiger partial charge is 0.495 e. The van der Waals surface area contributed by atoms with Crippen LogP contribution < -0.4 is 15.0 Å². The van der Waals surface area contributed by atoms with Crippen LogP contribution in [0.5, 0.6) is 5.75 Å². The summed E-state index contributed by atoms with van der Waals surface area (Å²) in [5, 5.41) is 3.73. The van der Waals surface area contributed by atoms with Gasteiger partial charge in [0.25, 0.3) is 0 Å². The molecule has 2 aliphatic heterocycles. The average molecular weight is 299 g/mol. The van der Waals surface area contributed by atoms with Crippen LogP contribution in [0.2, 0.25) is 0 Å². The number of methoxy groups -OCH3 is 1. The van der Waals surface area contributed by atoms with Crippen LogP contribution in [0.4, 0.5) is 5.69 Å². The van der Waals surface area contributed by atoms with Gasteiger partial charge in [0.05, 0.1) is 12.8 Å². The molecular weight excluding hydrogens is 284 g/mol. The van der Waals surface area contributed by atoms with Gasteiger partial charge in [0, 0.05) is 0 Å². The molecule has 3 rings (SSSR count). The smallest absolute Gasteiger partial charge is 0.218 e. The molecule has 0 saturated carbocycles. The van der Waals surface area contributed by atoms with Crippen molar-refractivity contribution in [2.45, 2.75) is 12.1 Å². The van der Waals surface area contributed by atoms with E-state index in [-0.39, 0.29) is 23.6 Å². The van der Waals surface area contributed by atoms with E-state index in [1.807, 2.05) is 29.2 Å². The molecule has 5 nitrogen and oxygen atoms in total. The van der Waals surface area contributed by atoms with Crippen LogP contribution >= 0.6 is 12.2 Å². The monoisotopic (exact) mass is 299 g/mol. The molecule has 0 aromatic heterocycles. The Morgan fingerprint density at radius 3 is 2.95 bits per heavy atom. The lowest BCUT2D eigenvalue weighted by Crippen LogP contribution is -2.37. The molecule has 1 aromatic rings. The Kier molecular flexibility index (Phi) is 2.99. The molecule has 19 heavy (non-hydrogen) atoms. The SMILES string of the molecule is COc1ccccc1N1C(=S)N[C@@H]2C[S+](=O)(O)C[C@@H]21. The molecule has 0 bridgehead atoms. The summed E-state index contributed by atoms with van der Waals surface area (Å²) in [6.07, 6.45) is 0. The lowest BCUT2D eigenvalue weighted by atomic mass is 10.1. The molecule has 1 unspecified atom stereocenters. The van der Waals surface area contributed by atoms with E-state index in [4.69, 9.17) is 17.0 Å². The van der Waals surface area contributed by atoms with Gasteiger partial charge in [-0.3, -0.25) is 0 Å². The summed E-state index contributed by atoms with van der Waals surface area (Å²) < 4.78 is 27.0. The maximum absolute atomic E-state index is 11.9. The zero-order chi connectivity index (χ0) is 13.6. The molecular formula is C12H15N2O3S2+. The fraction of sp³-hybridized carbons (Fsp3) is 0.417. The fourth-order valence-corrected chi connectivity index (χ4v) is 5.03. The Hall–Kier alpha value is -1.18. The minimum absolute atomic E-state index is 0.0603. The lowest BCUT2D eigenvalue weighted by molar-refractivity contribution is 0.415. The summed E-state index contributed by atoms with van der Waals surface area (Å²) in [4.78, 5) is 1.90. The van der Waals surface area contributed by atoms with Gasteiger partial charge in [-0.25, -0.2) is 0 Å². The van der Waals surface area contributed by atoms with Gasteiger partial charge in [-0.05, 0) is 24.4 Å². The van der Waals surface area contributed by atoms with Crippen LogP contribution in [0.25, 0.3) is 0 Å². The van der Waals surface area contributed by atoms with Gasteiger partial charge in [0.1, 0.15) is 17.8 Å². The summed E-state index contributed by atoms with van der Waals surface area (Å²) in [6, 6.07) is 7.41. The normalized spacial score (nSPS) is 33.2. The molecule has 1 aromatic carbocycles. The summed E-state index contributed by atoms with van der Waals surface area (Å²) in [6.45, 7) is 0. The van der Waals surface area contributed by atoms with Gasteiger partial charge in [0.2, 0.25) is 10.2 Å². The summed E-state index contributed by atoms with van der Waals surface area (Å²) in [5.41, 5.74) is 0.840. The molecule has 0 spiro atoms. The van der Waals surface area contributed by atoms with Crippen LogP contribution in [-0.2, 0) is 14.4 Å². The Balaban J connectivity index is 2.00. The number of fused-ring (bicyclic) bond motifs is 1. The summed E-state index contributed by atoms with van der Waals surface area (Å²) >= 11 is 5.34. The highest BCUT2D eigenvalue weighted by molar-refractivity contribution is 7.98. The van der Waals surface area contributed by atoms with Gasteiger partial charge >= 0.3 is 0 Å². The van der Waals surface area contributed by atoms with Gasteiger partial charge in [-0.15, -0.1) is 0 Å². The number of anilines is 1. The average Bonchev–Trinajstić information content (AvgIpc) is 2.79. The number of ether oxygens (including phenoxy) is 1.